The predicted octanol–water partition coefficient (Wildman–Crippen LogP) is 10.9. The van der Waals surface area contributed by atoms with Crippen LogP contribution in [0.2, 0.25) is 0 Å². The van der Waals surface area contributed by atoms with Crippen molar-refractivity contribution in [3.8, 4) is 33.4 Å². The van der Waals surface area contributed by atoms with Gasteiger partial charge in [0.2, 0.25) is 0 Å². The Hall–Kier alpha value is -4.10. The highest BCUT2D eigenvalue weighted by Crippen LogP contribution is 2.50. The Labute approximate surface area is 244 Å². The van der Waals surface area contributed by atoms with Crippen LogP contribution >= 0.6 is 0 Å². The van der Waals surface area contributed by atoms with Crippen LogP contribution in [0.3, 0.4) is 0 Å². The first-order chi connectivity index (χ1) is 20.3. The fraction of sp³-hybridized carbons (Fsp3) is 0.231. The van der Waals surface area contributed by atoms with Gasteiger partial charge in [-0.15, -0.1) is 0 Å². The van der Waals surface area contributed by atoms with Gasteiger partial charge >= 0.3 is 0 Å². The van der Waals surface area contributed by atoms with E-state index in [0.29, 0.717) is 5.56 Å². The summed E-state index contributed by atoms with van der Waals surface area (Å²) in [5.74, 6) is 0. The number of benzene rings is 5. The Kier molecular flexibility index (Phi) is 5.40. The van der Waals surface area contributed by atoms with Crippen LogP contribution < -0.4 is 4.90 Å². The van der Waals surface area contributed by atoms with Crippen LogP contribution in [0, 0.1) is 13.8 Å². The molecule has 5 aromatic carbocycles. The Morgan fingerprint density at radius 2 is 1.27 bits per heavy atom. The second-order valence-corrected chi connectivity index (χ2v) is 12.5. The highest BCUT2D eigenvalue weighted by molar-refractivity contribution is 5.85. The van der Waals surface area contributed by atoms with Gasteiger partial charge in [0.15, 0.2) is 0 Å². The molecule has 0 aromatic heterocycles. The molecule has 1 aliphatic carbocycles. The fourth-order valence-corrected chi connectivity index (χ4v) is 6.46. The molecule has 1 heteroatoms. The molecule has 0 N–H and O–H groups in total. The van der Waals surface area contributed by atoms with E-state index in [2.05, 4.69) is 137 Å². The van der Waals surface area contributed by atoms with Crippen molar-refractivity contribution in [2.45, 2.75) is 59.3 Å². The molecule has 40 heavy (non-hydrogen) atoms. The summed E-state index contributed by atoms with van der Waals surface area (Å²) < 4.78 is 25.4. The monoisotopic (exact) mass is 524 g/mol. The third-order valence-corrected chi connectivity index (χ3v) is 8.46. The largest absolute Gasteiger partial charge is 0.336 e. The molecule has 0 saturated carbocycles. The molecule has 0 bridgehead atoms. The predicted molar refractivity (Wildman–Crippen MR) is 173 cm³/mol. The van der Waals surface area contributed by atoms with Gasteiger partial charge in [0, 0.05) is 26.4 Å². The molecule has 6 rings (SSSR count). The molecule has 0 radical (unpaired) electrons. The minimum absolute atomic E-state index is 0.200. The molecule has 0 saturated heterocycles. The van der Waals surface area contributed by atoms with E-state index >= 15 is 0 Å². The number of nitrogens with zero attached hydrogens (tertiary/aromatic N) is 1. The van der Waals surface area contributed by atoms with Gasteiger partial charge in [0.1, 0.15) is 0 Å². The molecule has 1 nitrogen and oxygen atoms in total. The van der Waals surface area contributed by atoms with E-state index in [1.54, 1.807) is 0 Å². The number of rotatable bonds is 4. The maximum Gasteiger partial charge on any atom is 0.0451 e. The van der Waals surface area contributed by atoms with Crippen LogP contribution in [-0.4, -0.2) is 5.54 Å². The van der Waals surface area contributed by atoms with Crippen molar-refractivity contribution in [1.29, 1.82) is 0 Å². The van der Waals surface area contributed by atoms with Gasteiger partial charge in [-0.1, -0.05) is 98.8 Å². The van der Waals surface area contributed by atoms with E-state index < -0.39 is 6.85 Å². The lowest BCUT2D eigenvalue weighted by Crippen LogP contribution is -2.38. The van der Waals surface area contributed by atoms with Crippen molar-refractivity contribution in [3.63, 3.8) is 0 Å². The van der Waals surface area contributed by atoms with Gasteiger partial charge in [-0.2, -0.15) is 0 Å². The standard InChI is InChI=1S/C39H39N/c1-26-24-34-32-16-11-12-18-35(32)39(6,7)36(34)25-33(26)29-20-22-30(23-21-29)40(38(3,4)5)37-19-13-17-31(27(37)2)28-14-9-8-10-15-28/h8-25H,1-7H3/i1D3. The molecule has 0 unspecified atom stereocenters. The van der Waals surface area contributed by atoms with Gasteiger partial charge < -0.3 is 4.90 Å². The first-order valence-corrected chi connectivity index (χ1v) is 14.1. The molecule has 200 valence electrons. The van der Waals surface area contributed by atoms with Crippen LogP contribution in [0.1, 0.15) is 61.0 Å². The Balaban J connectivity index is 1.46. The lowest BCUT2D eigenvalue weighted by atomic mass is 9.81. The summed E-state index contributed by atoms with van der Waals surface area (Å²) in [5.41, 5.74) is 12.1. The van der Waals surface area contributed by atoms with Crippen molar-refractivity contribution in [2.75, 3.05) is 4.90 Å². The summed E-state index contributed by atoms with van der Waals surface area (Å²) in [6.07, 6.45) is 0. The van der Waals surface area contributed by atoms with Gasteiger partial charge in [-0.05, 0) is 114 Å². The zero-order valence-electron chi connectivity index (χ0n) is 27.3. The smallest absolute Gasteiger partial charge is 0.0451 e. The van der Waals surface area contributed by atoms with E-state index in [1.165, 1.54) is 27.8 Å². The quantitative estimate of drug-likeness (QED) is 0.226. The van der Waals surface area contributed by atoms with E-state index in [1.807, 2.05) is 18.2 Å². The average molecular weight is 525 g/mol. The summed E-state index contributed by atoms with van der Waals surface area (Å²) >= 11 is 0. The van der Waals surface area contributed by atoms with Crippen LogP contribution in [-0.2, 0) is 5.41 Å². The molecule has 0 aliphatic heterocycles. The van der Waals surface area contributed by atoms with Crippen LogP contribution in [0.5, 0.6) is 0 Å². The highest BCUT2D eigenvalue weighted by Gasteiger charge is 2.35. The second-order valence-electron chi connectivity index (χ2n) is 12.5. The lowest BCUT2D eigenvalue weighted by molar-refractivity contribution is 0.559. The zero-order valence-corrected chi connectivity index (χ0v) is 24.3. The van der Waals surface area contributed by atoms with Crippen LogP contribution in [0.25, 0.3) is 33.4 Å². The number of anilines is 2. The van der Waals surface area contributed by atoms with Gasteiger partial charge in [-0.25, -0.2) is 0 Å². The number of aryl methyl sites for hydroxylation is 1. The Morgan fingerprint density at radius 1 is 0.625 bits per heavy atom. The molecule has 0 fully saturated rings. The minimum atomic E-state index is -2.24. The zero-order chi connectivity index (χ0) is 30.7. The number of hydrogen-bond acceptors (Lipinski definition) is 1. The van der Waals surface area contributed by atoms with Crippen molar-refractivity contribution in [1.82, 2.24) is 0 Å². The molecular formula is C39H39N. The topological polar surface area (TPSA) is 3.24 Å². The molecule has 0 amide bonds. The van der Waals surface area contributed by atoms with Crippen molar-refractivity contribution >= 4 is 11.4 Å². The normalized spacial score (nSPS) is 15.0. The summed E-state index contributed by atoms with van der Waals surface area (Å²) in [6.45, 7) is 11.1. The van der Waals surface area contributed by atoms with Crippen LogP contribution in [0.4, 0.5) is 11.4 Å². The third-order valence-electron chi connectivity index (χ3n) is 8.46. The summed E-state index contributed by atoms with van der Waals surface area (Å²) in [7, 11) is 0. The highest BCUT2D eigenvalue weighted by atomic mass is 15.2. The summed E-state index contributed by atoms with van der Waals surface area (Å²) in [5, 5.41) is 0. The maximum absolute atomic E-state index is 8.45. The molecule has 1 aliphatic rings. The van der Waals surface area contributed by atoms with Gasteiger partial charge in [0.05, 0.1) is 0 Å². The number of fused-ring (bicyclic) bond motifs is 3. The van der Waals surface area contributed by atoms with Gasteiger partial charge in [-0.3, -0.25) is 0 Å². The molecule has 5 aromatic rings. The van der Waals surface area contributed by atoms with Crippen LogP contribution in [0.15, 0.2) is 109 Å². The summed E-state index contributed by atoms with van der Waals surface area (Å²) in [4.78, 5) is 2.38. The molecule has 0 atom stereocenters. The third kappa shape index (κ3) is 4.25. The van der Waals surface area contributed by atoms with E-state index in [-0.39, 0.29) is 11.0 Å². The maximum atomic E-state index is 8.45. The molecular weight excluding hydrogens is 482 g/mol. The first-order valence-electron chi connectivity index (χ1n) is 15.6. The average Bonchev–Trinajstić information content (AvgIpc) is 3.19. The first kappa shape index (κ1) is 22.7. The van der Waals surface area contributed by atoms with Crippen molar-refractivity contribution in [3.05, 3.63) is 131 Å². The molecule has 0 heterocycles. The molecule has 0 spiro atoms. The van der Waals surface area contributed by atoms with Crippen molar-refractivity contribution in [2.24, 2.45) is 0 Å². The summed E-state index contributed by atoms with van der Waals surface area (Å²) in [6, 6.07) is 37.8. The second kappa shape index (κ2) is 9.52. The fourth-order valence-electron chi connectivity index (χ4n) is 6.46. The number of hydrogen-bond donors (Lipinski definition) is 0. The van der Waals surface area contributed by atoms with E-state index in [4.69, 9.17) is 4.11 Å². The Bertz CT molecular complexity index is 1810. The lowest BCUT2D eigenvalue weighted by Gasteiger charge is -2.39. The van der Waals surface area contributed by atoms with Gasteiger partial charge in [0.25, 0.3) is 0 Å². The SMILES string of the molecule is [2H]C([2H])([2H])c1cc2c(cc1-c1ccc(N(c3cccc(-c4ccccc4)c3C)C(C)(C)C)cc1)C(C)(C)c1ccccc1-2. The Morgan fingerprint density at radius 3 is 1.98 bits per heavy atom. The van der Waals surface area contributed by atoms with E-state index in [9.17, 15) is 0 Å². The van der Waals surface area contributed by atoms with E-state index in [0.717, 1.165) is 33.6 Å². The minimum Gasteiger partial charge on any atom is -0.336 e. The van der Waals surface area contributed by atoms with Crippen molar-refractivity contribution < 1.29 is 4.11 Å².